The van der Waals surface area contributed by atoms with Crippen LogP contribution in [0.2, 0.25) is 0 Å². The second-order valence-electron chi connectivity index (χ2n) is 15.8. The summed E-state index contributed by atoms with van der Waals surface area (Å²) in [6.07, 6.45) is 1.67. The molecule has 0 spiro atoms. The van der Waals surface area contributed by atoms with Gasteiger partial charge in [0.05, 0.1) is 34.8 Å². The van der Waals surface area contributed by atoms with Crippen molar-refractivity contribution in [2.45, 2.75) is 50.9 Å². The van der Waals surface area contributed by atoms with Crippen molar-refractivity contribution in [2.75, 3.05) is 99.8 Å². The van der Waals surface area contributed by atoms with Crippen molar-refractivity contribution in [3.05, 3.63) is 84.2 Å². The van der Waals surface area contributed by atoms with E-state index in [1.807, 2.05) is 50.2 Å². The Morgan fingerprint density at radius 2 is 1.02 bits per heavy atom. The summed E-state index contributed by atoms with van der Waals surface area (Å²) in [5.41, 5.74) is 4.19. The third-order valence-corrected chi connectivity index (χ3v) is 14.2. The number of rotatable bonds is 15. The Bertz CT molecular complexity index is 1810. The summed E-state index contributed by atoms with van der Waals surface area (Å²) in [6, 6.07) is 25.4. The van der Waals surface area contributed by atoms with Gasteiger partial charge in [-0.05, 0) is 51.0 Å². The molecule has 4 aliphatic rings. The van der Waals surface area contributed by atoms with Gasteiger partial charge in [0, 0.05) is 114 Å². The number of anilines is 2. The number of nitrogens with one attached hydrogen (secondary N) is 4. The molecular weight excluding hydrogens is 769 g/mol. The molecule has 58 heavy (non-hydrogen) atoms. The molecule has 16 heteroatoms. The lowest BCUT2D eigenvalue weighted by Crippen LogP contribution is -2.51. The third-order valence-electron chi connectivity index (χ3n) is 11.8. The standard InChI is InChI=1S/C42H58N12O2S2/c1-31-25-39(53(47-31)33-9-5-3-6-10-33)51-19-15-49(16-20-51)35-27-37(45-29-35)41(55)43-13-23-57-58-24-14-44-42(56)38-28-36(30-46-38)50-17-21-52(22-18-50)40-26-32(2)48-54(40)34-11-7-4-8-12-34/h3-12,25-26,35-38,45-46H,13-24,27-30H2,1-2H3,(H,43,55)(H,44,56)/t35?,36?,37-,38-/m0/s1. The van der Waals surface area contributed by atoms with Gasteiger partial charge in [-0.2, -0.15) is 10.2 Å². The SMILES string of the molecule is Cc1cc(N2CCN(C3CN[C@H](C(=O)NCCSSCCNC(=O)[C@@H]4CC(N5CCN(c6cc(C)nn6-c6ccccc6)CC5)CN4)C3)CC2)n(-c2ccccc2)n1. The van der Waals surface area contributed by atoms with Gasteiger partial charge in [-0.3, -0.25) is 19.4 Å². The molecule has 2 aromatic heterocycles. The number of hydrogen-bond donors (Lipinski definition) is 4. The molecule has 6 heterocycles. The zero-order valence-electron chi connectivity index (χ0n) is 33.8. The number of carbonyl (C=O) groups excluding carboxylic acids is 2. The lowest BCUT2D eigenvalue weighted by molar-refractivity contribution is -0.123. The normalized spacial score (nSPS) is 23.1. The van der Waals surface area contributed by atoms with E-state index in [0.29, 0.717) is 25.2 Å². The maximum atomic E-state index is 13.0. The van der Waals surface area contributed by atoms with Crippen LogP contribution < -0.4 is 31.1 Å². The monoisotopic (exact) mass is 826 g/mol. The molecule has 0 saturated carbocycles. The van der Waals surface area contributed by atoms with E-state index >= 15 is 0 Å². The Labute approximate surface area is 350 Å². The van der Waals surface area contributed by atoms with Crippen LogP contribution in [0.4, 0.5) is 11.6 Å². The number of nitrogens with zero attached hydrogens (tertiary/aromatic N) is 8. The molecule has 8 rings (SSSR count). The van der Waals surface area contributed by atoms with Gasteiger partial charge in [-0.15, -0.1) is 0 Å². The Morgan fingerprint density at radius 3 is 1.41 bits per heavy atom. The molecule has 2 aromatic carbocycles. The molecule has 310 valence electrons. The highest BCUT2D eigenvalue weighted by Crippen LogP contribution is 2.26. The predicted molar refractivity (Wildman–Crippen MR) is 236 cm³/mol. The quantitative estimate of drug-likeness (QED) is 0.104. The van der Waals surface area contributed by atoms with E-state index in [1.54, 1.807) is 21.6 Å². The summed E-state index contributed by atoms with van der Waals surface area (Å²) in [7, 11) is 3.48. The summed E-state index contributed by atoms with van der Waals surface area (Å²) >= 11 is 0. The van der Waals surface area contributed by atoms with Crippen molar-refractivity contribution in [1.82, 2.24) is 50.6 Å². The van der Waals surface area contributed by atoms with Crippen molar-refractivity contribution >= 4 is 45.0 Å². The van der Waals surface area contributed by atoms with Crippen LogP contribution in [0, 0.1) is 13.8 Å². The van der Waals surface area contributed by atoms with Gasteiger partial charge in [0.2, 0.25) is 11.8 Å². The number of carbonyl (C=O) groups is 2. The maximum Gasteiger partial charge on any atom is 0.237 e. The van der Waals surface area contributed by atoms with Crippen molar-refractivity contribution in [3.8, 4) is 11.4 Å². The highest BCUT2D eigenvalue weighted by Gasteiger charge is 2.36. The number of hydrogen-bond acceptors (Lipinski definition) is 12. The zero-order chi connectivity index (χ0) is 39.8. The van der Waals surface area contributed by atoms with Crippen LogP contribution in [0.1, 0.15) is 24.2 Å². The summed E-state index contributed by atoms with van der Waals surface area (Å²) in [6.45, 7) is 14.7. The lowest BCUT2D eigenvalue weighted by atomic mass is 10.1. The predicted octanol–water partition coefficient (Wildman–Crippen LogP) is 2.69. The maximum absolute atomic E-state index is 13.0. The van der Waals surface area contributed by atoms with Crippen molar-refractivity contribution < 1.29 is 9.59 Å². The van der Waals surface area contributed by atoms with Crippen LogP contribution in [-0.2, 0) is 9.59 Å². The van der Waals surface area contributed by atoms with Gasteiger partial charge in [-0.1, -0.05) is 58.0 Å². The van der Waals surface area contributed by atoms with E-state index in [4.69, 9.17) is 10.2 Å². The topological polar surface area (TPSA) is 131 Å². The molecule has 0 bridgehead atoms. The minimum absolute atomic E-state index is 0.0936. The first-order valence-corrected chi connectivity index (χ1v) is 23.4. The molecule has 4 fully saturated rings. The first kappa shape index (κ1) is 40.7. The lowest BCUT2D eigenvalue weighted by Gasteiger charge is -2.38. The molecule has 4 N–H and O–H groups in total. The summed E-state index contributed by atoms with van der Waals surface area (Å²) in [5.74, 6) is 4.13. The second kappa shape index (κ2) is 19.3. The molecular formula is C42H58N12O2S2. The van der Waals surface area contributed by atoms with Crippen LogP contribution in [0.3, 0.4) is 0 Å². The van der Waals surface area contributed by atoms with Gasteiger partial charge in [0.25, 0.3) is 0 Å². The smallest absolute Gasteiger partial charge is 0.237 e. The van der Waals surface area contributed by atoms with E-state index in [-0.39, 0.29) is 23.9 Å². The molecule has 14 nitrogen and oxygen atoms in total. The average Bonchev–Trinajstić information content (AvgIpc) is 4.10. The van der Waals surface area contributed by atoms with Crippen molar-refractivity contribution in [3.63, 3.8) is 0 Å². The van der Waals surface area contributed by atoms with Crippen LogP contribution in [0.15, 0.2) is 72.8 Å². The fourth-order valence-electron chi connectivity index (χ4n) is 8.76. The van der Waals surface area contributed by atoms with Crippen LogP contribution in [0.5, 0.6) is 0 Å². The van der Waals surface area contributed by atoms with Crippen molar-refractivity contribution in [1.29, 1.82) is 0 Å². The second-order valence-corrected chi connectivity index (χ2v) is 18.5. The summed E-state index contributed by atoms with van der Waals surface area (Å²) in [5, 5.41) is 22.8. The minimum Gasteiger partial charge on any atom is -0.354 e. The van der Waals surface area contributed by atoms with Crippen LogP contribution >= 0.6 is 21.6 Å². The van der Waals surface area contributed by atoms with Gasteiger partial charge in [-0.25, -0.2) is 9.36 Å². The van der Waals surface area contributed by atoms with E-state index in [1.165, 1.54) is 0 Å². The molecule has 4 aromatic rings. The highest BCUT2D eigenvalue weighted by atomic mass is 33.1. The first-order chi connectivity index (χ1) is 28.4. The van der Waals surface area contributed by atoms with Crippen LogP contribution in [0.25, 0.3) is 11.4 Å². The number of benzene rings is 2. The fraction of sp³-hybridized carbons (Fsp3) is 0.524. The number of amides is 2. The first-order valence-electron chi connectivity index (χ1n) is 20.9. The van der Waals surface area contributed by atoms with E-state index in [9.17, 15) is 9.59 Å². The summed E-state index contributed by atoms with van der Waals surface area (Å²) < 4.78 is 4.10. The average molecular weight is 827 g/mol. The molecule has 4 aliphatic heterocycles. The molecule has 4 saturated heterocycles. The van der Waals surface area contributed by atoms with E-state index < -0.39 is 0 Å². The number of piperazine rings is 2. The molecule has 0 radical (unpaired) electrons. The number of aryl methyl sites for hydroxylation is 2. The van der Waals surface area contributed by atoms with Gasteiger partial charge >= 0.3 is 0 Å². The number of para-hydroxylation sites is 2. The van der Waals surface area contributed by atoms with E-state index in [0.717, 1.165) is 124 Å². The molecule has 4 atom stereocenters. The van der Waals surface area contributed by atoms with Crippen LogP contribution in [-0.4, -0.2) is 155 Å². The Morgan fingerprint density at radius 1 is 0.621 bits per heavy atom. The zero-order valence-corrected chi connectivity index (χ0v) is 35.4. The van der Waals surface area contributed by atoms with E-state index in [2.05, 4.69) is 86.6 Å². The Hall–Kier alpha value is -4.06. The molecule has 0 aliphatic carbocycles. The van der Waals surface area contributed by atoms with Gasteiger partial charge < -0.3 is 31.1 Å². The fourth-order valence-corrected chi connectivity index (χ4v) is 10.6. The van der Waals surface area contributed by atoms with Gasteiger partial charge in [0.15, 0.2) is 0 Å². The largest absolute Gasteiger partial charge is 0.354 e. The van der Waals surface area contributed by atoms with Gasteiger partial charge in [0.1, 0.15) is 11.6 Å². The highest BCUT2D eigenvalue weighted by molar-refractivity contribution is 8.76. The Balaban J connectivity index is 0.664. The number of aromatic nitrogens is 4. The Kier molecular flexibility index (Phi) is 13.6. The third kappa shape index (κ3) is 9.86. The summed E-state index contributed by atoms with van der Waals surface area (Å²) in [4.78, 5) is 35.9. The van der Waals surface area contributed by atoms with Crippen molar-refractivity contribution in [2.24, 2.45) is 0 Å². The minimum atomic E-state index is -0.147. The molecule has 2 amide bonds. The molecule has 2 unspecified atom stereocenters.